The summed E-state index contributed by atoms with van der Waals surface area (Å²) in [5.74, 6) is 2.42. The smallest absolute Gasteiger partial charge is 0.162 e. The van der Waals surface area contributed by atoms with Crippen LogP contribution in [0, 0.1) is 0 Å². The van der Waals surface area contributed by atoms with Gasteiger partial charge < -0.3 is 20.9 Å². The zero-order valence-electron chi connectivity index (χ0n) is 19.1. The highest BCUT2D eigenvalue weighted by atomic mass is 32.1. The number of hydrogen-bond acceptors (Lipinski definition) is 8. The third-order valence-electron chi connectivity index (χ3n) is 6.58. The number of hydrogen-bond donors (Lipinski definition) is 3. The fraction of sp³-hybridized carbons (Fsp3) is 0.346. The summed E-state index contributed by atoms with van der Waals surface area (Å²) in [5.41, 5.74) is 4.24. The summed E-state index contributed by atoms with van der Waals surface area (Å²) in [6.45, 7) is 4.31. The Bertz CT molecular complexity index is 1260. The Morgan fingerprint density at radius 2 is 1.88 bits per heavy atom. The van der Waals surface area contributed by atoms with Crippen molar-refractivity contribution >= 4 is 44.6 Å². The van der Waals surface area contributed by atoms with E-state index in [9.17, 15) is 0 Å². The van der Waals surface area contributed by atoms with E-state index in [1.807, 2.05) is 18.3 Å². The standard InChI is InChI=1S/C26H29N7S/c1-2-13-33(14-3-1)21-6-4-19(5-7-21)29-23-16-18(8-12-28-23)25-31-22-10-15-34-24(22)26(32-25)30-20-9-11-27-17-20/h4-8,10,12,15-16,20,27H,1-3,9,11,13-14,17H2,(H,28,29)(H,30,31,32)/t20-/m1/s1. The van der Waals surface area contributed by atoms with E-state index in [0.29, 0.717) is 11.9 Å². The number of pyridine rings is 1. The molecule has 174 valence electrons. The second kappa shape index (κ2) is 9.56. The van der Waals surface area contributed by atoms with Gasteiger partial charge in [0.2, 0.25) is 0 Å². The minimum Gasteiger partial charge on any atom is -0.372 e. The molecule has 1 atom stereocenters. The molecule has 2 aliphatic rings. The molecule has 0 amide bonds. The highest BCUT2D eigenvalue weighted by Gasteiger charge is 2.18. The monoisotopic (exact) mass is 471 g/mol. The van der Waals surface area contributed by atoms with Crippen molar-refractivity contribution in [3.8, 4) is 11.4 Å². The largest absolute Gasteiger partial charge is 0.372 e. The van der Waals surface area contributed by atoms with E-state index in [4.69, 9.17) is 9.97 Å². The molecule has 0 aliphatic carbocycles. The fourth-order valence-electron chi connectivity index (χ4n) is 4.76. The van der Waals surface area contributed by atoms with E-state index >= 15 is 0 Å². The molecule has 0 bridgehead atoms. The van der Waals surface area contributed by atoms with Gasteiger partial charge in [-0.05, 0) is 80.1 Å². The molecule has 4 aromatic rings. The summed E-state index contributed by atoms with van der Waals surface area (Å²) < 4.78 is 1.11. The molecule has 7 nitrogen and oxygen atoms in total. The van der Waals surface area contributed by atoms with Crippen LogP contribution >= 0.6 is 11.3 Å². The number of benzene rings is 1. The molecule has 3 aromatic heterocycles. The third-order valence-corrected chi connectivity index (χ3v) is 7.49. The van der Waals surface area contributed by atoms with E-state index < -0.39 is 0 Å². The molecule has 6 rings (SSSR count). The number of piperidine rings is 1. The SMILES string of the molecule is c1cc(-c2nc(N[C@@H]3CCNC3)c3sccc3n2)cc(Nc2ccc(N3CCCCC3)cc2)n1. The van der Waals surface area contributed by atoms with Gasteiger partial charge in [-0.2, -0.15) is 0 Å². The average Bonchev–Trinajstić information content (AvgIpc) is 3.57. The van der Waals surface area contributed by atoms with Gasteiger partial charge in [-0.15, -0.1) is 11.3 Å². The minimum absolute atomic E-state index is 0.399. The van der Waals surface area contributed by atoms with Crippen molar-refractivity contribution in [3.63, 3.8) is 0 Å². The predicted molar refractivity (Wildman–Crippen MR) is 141 cm³/mol. The Labute approximate surface area is 203 Å². The number of aromatic nitrogens is 3. The van der Waals surface area contributed by atoms with Gasteiger partial charge in [0.05, 0.1) is 10.2 Å². The molecule has 5 heterocycles. The van der Waals surface area contributed by atoms with Crippen molar-refractivity contribution < 1.29 is 0 Å². The Hall–Kier alpha value is -3.23. The molecule has 0 saturated carbocycles. The topological polar surface area (TPSA) is 78.0 Å². The molecule has 3 N–H and O–H groups in total. The Morgan fingerprint density at radius 1 is 1.00 bits per heavy atom. The van der Waals surface area contributed by atoms with Crippen LogP contribution in [0.3, 0.4) is 0 Å². The van der Waals surface area contributed by atoms with E-state index in [1.165, 1.54) is 24.9 Å². The van der Waals surface area contributed by atoms with Crippen molar-refractivity contribution in [2.45, 2.75) is 31.7 Å². The number of nitrogens with zero attached hydrogens (tertiary/aromatic N) is 4. The quantitative estimate of drug-likeness (QED) is 0.354. The van der Waals surface area contributed by atoms with E-state index in [-0.39, 0.29) is 0 Å². The number of rotatable bonds is 6. The second-order valence-corrected chi connectivity index (χ2v) is 9.93. The molecule has 2 saturated heterocycles. The first-order chi connectivity index (χ1) is 16.8. The number of nitrogens with one attached hydrogen (secondary N) is 3. The second-order valence-electron chi connectivity index (χ2n) is 9.01. The van der Waals surface area contributed by atoms with Gasteiger partial charge in [0.15, 0.2) is 5.82 Å². The lowest BCUT2D eigenvalue weighted by molar-refractivity contribution is 0.578. The lowest BCUT2D eigenvalue weighted by atomic mass is 10.1. The molecule has 34 heavy (non-hydrogen) atoms. The van der Waals surface area contributed by atoms with Crippen molar-refractivity contribution in [1.82, 2.24) is 20.3 Å². The lowest BCUT2D eigenvalue weighted by Gasteiger charge is -2.28. The maximum Gasteiger partial charge on any atom is 0.162 e. The molecule has 0 radical (unpaired) electrons. The van der Waals surface area contributed by atoms with Crippen molar-refractivity contribution in [2.75, 3.05) is 41.7 Å². The third kappa shape index (κ3) is 4.56. The molecule has 8 heteroatoms. The van der Waals surface area contributed by atoms with E-state index in [2.05, 4.69) is 61.5 Å². The summed E-state index contributed by atoms with van der Waals surface area (Å²) in [6, 6.07) is 15.1. The van der Waals surface area contributed by atoms with Crippen LogP contribution in [0.5, 0.6) is 0 Å². The van der Waals surface area contributed by atoms with E-state index in [1.54, 1.807) is 11.3 Å². The molecule has 0 spiro atoms. The average molecular weight is 472 g/mol. The first-order valence-electron chi connectivity index (χ1n) is 12.1. The van der Waals surface area contributed by atoms with Crippen LogP contribution in [0.2, 0.25) is 0 Å². The molecule has 2 aliphatic heterocycles. The van der Waals surface area contributed by atoms with Crippen LogP contribution in [0.15, 0.2) is 54.0 Å². The predicted octanol–water partition coefficient (Wildman–Crippen LogP) is 5.26. The minimum atomic E-state index is 0.399. The summed E-state index contributed by atoms with van der Waals surface area (Å²) in [6.07, 6.45) is 6.83. The number of thiophene rings is 1. The zero-order chi connectivity index (χ0) is 22.7. The van der Waals surface area contributed by atoms with Crippen LogP contribution < -0.4 is 20.9 Å². The Balaban J connectivity index is 1.23. The maximum atomic E-state index is 4.92. The van der Waals surface area contributed by atoms with Crippen LogP contribution in [0.25, 0.3) is 21.6 Å². The Morgan fingerprint density at radius 3 is 2.71 bits per heavy atom. The van der Waals surface area contributed by atoms with Crippen LogP contribution in [0.1, 0.15) is 25.7 Å². The van der Waals surface area contributed by atoms with Gasteiger partial charge in [0, 0.05) is 48.8 Å². The van der Waals surface area contributed by atoms with Crippen LogP contribution in [-0.2, 0) is 0 Å². The Kier molecular flexibility index (Phi) is 5.99. The van der Waals surface area contributed by atoms with Gasteiger partial charge in [-0.25, -0.2) is 15.0 Å². The van der Waals surface area contributed by atoms with E-state index in [0.717, 1.165) is 65.7 Å². The van der Waals surface area contributed by atoms with Crippen LogP contribution in [-0.4, -0.2) is 47.2 Å². The van der Waals surface area contributed by atoms with Gasteiger partial charge >= 0.3 is 0 Å². The van der Waals surface area contributed by atoms with Gasteiger partial charge in [0.1, 0.15) is 11.6 Å². The first-order valence-corrected chi connectivity index (χ1v) is 13.0. The van der Waals surface area contributed by atoms with Gasteiger partial charge in [-0.3, -0.25) is 0 Å². The van der Waals surface area contributed by atoms with Crippen LogP contribution in [0.4, 0.5) is 23.0 Å². The van der Waals surface area contributed by atoms with Gasteiger partial charge in [-0.1, -0.05) is 0 Å². The molecular weight excluding hydrogens is 442 g/mol. The number of fused-ring (bicyclic) bond motifs is 1. The maximum absolute atomic E-state index is 4.92. The molecule has 0 unspecified atom stereocenters. The normalized spacial score (nSPS) is 18.4. The summed E-state index contributed by atoms with van der Waals surface area (Å²) in [7, 11) is 0. The van der Waals surface area contributed by atoms with Gasteiger partial charge in [0.25, 0.3) is 0 Å². The molecule has 2 fully saturated rings. The van der Waals surface area contributed by atoms with Crippen molar-refractivity contribution in [1.29, 1.82) is 0 Å². The summed E-state index contributed by atoms with van der Waals surface area (Å²) in [5, 5.41) is 12.6. The molecular formula is C26H29N7S. The summed E-state index contributed by atoms with van der Waals surface area (Å²) in [4.78, 5) is 16.8. The first kappa shape index (κ1) is 21.3. The molecule has 1 aromatic carbocycles. The van der Waals surface area contributed by atoms with Crippen molar-refractivity contribution in [2.24, 2.45) is 0 Å². The fourth-order valence-corrected chi connectivity index (χ4v) is 5.54. The lowest BCUT2D eigenvalue weighted by Crippen LogP contribution is -2.29. The number of anilines is 4. The summed E-state index contributed by atoms with van der Waals surface area (Å²) >= 11 is 1.68. The highest BCUT2D eigenvalue weighted by Crippen LogP contribution is 2.31. The highest BCUT2D eigenvalue weighted by molar-refractivity contribution is 7.17. The van der Waals surface area contributed by atoms with Crippen molar-refractivity contribution in [3.05, 3.63) is 54.0 Å². The zero-order valence-corrected chi connectivity index (χ0v) is 19.9.